The van der Waals surface area contributed by atoms with E-state index in [2.05, 4.69) is 0 Å². The minimum Gasteiger partial charge on any atom is -0.295 e. The van der Waals surface area contributed by atoms with Crippen LogP contribution >= 0.6 is 11.8 Å². The van der Waals surface area contributed by atoms with Crippen molar-refractivity contribution in [1.29, 1.82) is 0 Å². The van der Waals surface area contributed by atoms with E-state index in [9.17, 15) is 4.79 Å². The van der Waals surface area contributed by atoms with Gasteiger partial charge in [0.25, 0.3) is 0 Å². The van der Waals surface area contributed by atoms with Crippen molar-refractivity contribution in [2.24, 2.45) is 0 Å². The lowest BCUT2D eigenvalue weighted by molar-refractivity contribution is -0.112. The molecule has 0 atom stereocenters. The van der Waals surface area contributed by atoms with Gasteiger partial charge < -0.3 is 0 Å². The van der Waals surface area contributed by atoms with E-state index in [0.717, 1.165) is 10.5 Å². The van der Waals surface area contributed by atoms with Crippen molar-refractivity contribution in [2.45, 2.75) is 6.92 Å². The van der Waals surface area contributed by atoms with Crippen LogP contribution in [0.25, 0.3) is 4.91 Å². The number of hydrogen-bond acceptors (Lipinski definition) is 2. The van der Waals surface area contributed by atoms with Gasteiger partial charge in [0.1, 0.15) is 0 Å². The van der Waals surface area contributed by atoms with Crippen LogP contribution in [-0.2, 0) is 4.79 Å². The monoisotopic (exact) mass is 192 g/mol. The molecule has 1 rings (SSSR count). The van der Waals surface area contributed by atoms with Gasteiger partial charge in [-0.3, -0.25) is 4.79 Å². The van der Waals surface area contributed by atoms with Crippen molar-refractivity contribution in [2.75, 3.05) is 6.26 Å². The molecule has 0 aliphatic carbocycles. The second-order valence-electron chi connectivity index (χ2n) is 2.69. The Morgan fingerprint density at radius 1 is 1.31 bits per heavy atom. The first kappa shape index (κ1) is 10.1. The second kappa shape index (κ2) is 4.87. The number of carbonyl (C=O) groups is 1. The third kappa shape index (κ3) is 3.07. The molecule has 0 N–H and O–H groups in total. The molecule has 0 unspecified atom stereocenters. The van der Waals surface area contributed by atoms with Crippen LogP contribution in [0, 0.1) is 0 Å². The van der Waals surface area contributed by atoms with E-state index in [1.54, 1.807) is 24.8 Å². The molecule has 0 bridgehead atoms. The Morgan fingerprint density at radius 2 is 1.92 bits per heavy atom. The fraction of sp³-hybridized carbons (Fsp3) is 0.182. The van der Waals surface area contributed by atoms with E-state index in [1.807, 2.05) is 36.6 Å². The fourth-order valence-corrected chi connectivity index (χ4v) is 1.70. The molecule has 0 saturated heterocycles. The molecular weight excluding hydrogens is 180 g/mol. The molecule has 0 saturated carbocycles. The van der Waals surface area contributed by atoms with E-state index < -0.39 is 0 Å². The molecule has 0 amide bonds. The Labute approximate surface area is 82.9 Å². The molecule has 1 aromatic rings. The van der Waals surface area contributed by atoms with Gasteiger partial charge in [-0.2, -0.15) is 0 Å². The summed E-state index contributed by atoms with van der Waals surface area (Å²) in [6, 6.07) is 9.92. The summed E-state index contributed by atoms with van der Waals surface area (Å²) in [5.74, 6) is 0.0909. The number of rotatable bonds is 3. The van der Waals surface area contributed by atoms with Crippen LogP contribution < -0.4 is 0 Å². The SMILES string of the molecule is CSC(=CC(C)=O)c1ccccc1. The third-order valence-corrected chi connectivity index (χ3v) is 2.41. The van der Waals surface area contributed by atoms with E-state index >= 15 is 0 Å². The van der Waals surface area contributed by atoms with Crippen molar-refractivity contribution in [3.05, 3.63) is 42.0 Å². The summed E-state index contributed by atoms with van der Waals surface area (Å²) in [6.07, 6.45) is 3.64. The average molecular weight is 192 g/mol. The van der Waals surface area contributed by atoms with Gasteiger partial charge >= 0.3 is 0 Å². The molecule has 1 aromatic carbocycles. The van der Waals surface area contributed by atoms with E-state index in [0.29, 0.717) is 0 Å². The van der Waals surface area contributed by atoms with Crippen LogP contribution in [0.3, 0.4) is 0 Å². The maximum atomic E-state index is 10.9. The lowest BCUT2D eigenvalue weighted by Crippen LogP contribution is -1.85. The molecule has 0 fully saturated rings. The Balaban J connectivity index is 2.98. The van der Waals surface area contributed by atoms with Crippen LogP contribution in [0.2, 0.25) is 0 Å². The van der Waals surface area contributed by atoms with Gasteiger partial charge in [0.2, 0.25) is 0 Å². The summed E-state index contributed by atoms with van der Waals surface area (Å²) in [7, 11) is 0. The summed E-state index contributed by atoms with van der Waals surface area (Å²) in [4.78, 5) is 11.9. The number of allylic oxidation sites excluding steroid dienone is 1. The highest BCUT2D eigenvalue weighted by molar-refractivity contribution is 8.07. The van der Waals surface area contributed by atoms with Crippen molar-refractivity contribution < 1.29 is 4.79 Å². The van der Waals surface area contributed by atoms with Gasteiger partial charge in [0, 0.05) is 4.91 Å². The first-order valence-corrected chi connectivity index (χ1v) is 5.28. The topological polar surface area (TPSA) is 17.1 Å². The molecule has 68 valence electrons. The minimum atomic E-state index is 0.0909. The number of benzene rings is 1. The van der Waals surface area contributed by atoms with Gasteiger partial charge in [-0.1, -0.05) is 30.3 Å². The first-order chi connectivity index (χ1) is 6.24. The minimum absolute atomic E-state index is 0.0909. The lowest BCUT2D eigenvalue weighted by Gasteiger charge is -2.02. The molecular formula is C11H12OS. The predicted octanol–water partition coefficient (Wildman–Crippen LogP) is 2.98. The summed E-state index contributed by atoms with van der Waals surface area (Å²) in [5, 5.41) is 0. The van der Waals surface area contributed by atoms with E-state index in [4.69, 9.17) is 0 Å². The Morgan fingerprint density at radius 3 is 2.38 bits per heavy atom. The maximum absolute atomic E-state index is 10.9. The lowest BCUT2D eigenvalue weighted by atomic mass is 10.2. The summed E-state index contributed by atoms with van der Waals surface area (Å²) < 4.78 is 0. The number of ketones is 1. The Hall–Kier alpha value is -1.02. The van der Waals surface area contributed by atoms with Crippen LogP contribution in [0.4, 0.5) is 0 Å². The number of carbonyl (C=O) groups excluding carboxylic acids is 1. The van der Waals surface area contributed by atoms with Crippen molar-refractivity contribution >= 4 is 22.5 Å². The van der Waals surface area contributed by atoms with Gasteiger partial charge in [-0.05, 0) is 24.8 Å². The Kier molecular flexibility index (Phi) is 3.77. The summed E-state index contributed by atoms with van der Waals surface area (Å²) in [6.45, 7) is 1.57. The Bertz CT molecular complexity index is 314. The van der Waals surface area contributed by atoms with Gasteiger partial charge in [0.15, 0.2) is 5.78 Å². The summed E-state index contributed by atoms with van der Waals surface area (Å²) in [5.41, 5.74) is 1.10. The molecule has 0 aliphatic rings. The number of thioether (sulfide) groups is 1. The molecule has 13 heavy (non-hydrogen) atoms. The number of hydrogen-bond donors (Lipinski definition) is 0. The highest BCUT2D eigenvalue weighted by atomic mass is 32.2. The van der Waals surface area contributed by atoms with Crippen molar-refractivity contribution in [1.82, 2.24) is 0 Å². The van der Waals surface area contributed by atoms with E-state index in [-0.39, 0.29) is 5.78 Å². The standard InChI is InChI=1S/C11H12OS/c1-9(12)8-11(13-2)10-6-4-3-5-7-10/h3-8H,1-2H3. The second-order valence-corrected chi connectivity index (χ2v) is 3.54. The molecule has 0 heterocycles. The molecule has 0 aromatic heterocycles. The molecule has 0 radical (unpaired) electrons. The van der Waals surface area contributed by atoms with Gasteiger partial charge in [-0.25, -0.2) is 0 Å². The van der Waals surface area contributed by atoms with Crippen molar-refractivity contribution in [3.63, 3.8) is 0 Å². The van der Waals surface area contributed by atoms with E-state index in [1.165, 1.54) is 0 Å². The van der Waals surface area contributed by atoms with Crippen LogP contribution in [0.5, 0.6) is 0 Å². The summed E-state index contributed by atoms with van der Waals surface area (Å²) >= 11 is 1.59. The zero-order valence-corrected chi connectivity index (χ0v) is 8.60. The average Bonchev–Trinajstić information content (AvgIpc) is 2.15. The highest BCUT2D eigenvalue weighted by Gasteiger charge is 1.99. The zero-order chi connectivity index (χ0) is 9.68. The van der Waals surface area contributed by atoms with Crippen LogP contribution in [0.1, 0.15) is 12.5 Å². The van der Waals surface area contributed by atoms with Gasteiger partial charge in [0.05, 0.1) is 0 Å². The normalized spacial score (nSPS) is 11.4. The maximum Gasteiger partial charge on any atom is 0.153 e. The first-order valence-electron chi connectivity index (χ1n) is 4.05. The molecule has 0 spiro atoms. The molecule has 2 heteroatoms. The van der Waals surface area contributed by atoms with Crippen molar-refractivity contribution in [3.8, 4) is 0 Å². The van der Waals surface area contributed by atoms with Gasteiger partial charge in [-0.15, -0.1) is 11.8 Å². The largest absolute Gasteiger partial charge is 0.295 e. The highest BCUT2D eigenvalue weighted by Crippen LogP contribution is 2.24. The van der Waals surface area contributed by atoms with Crippen LogP contribution in [0.15, 0.2) is 36.4 Å². The predicted molar refractivity (Wildman–Crippen MR) is 58.6 cm³/mol. The molecule has 0 aliphatic heterocycles. The zero-order valence-electron chi connectivity index (χ0n) is 7.78. The van der Waals surface area contributed by atoms with Crippen LogP contribution in [-0.4, -0.2) is 12.0 Å². The molecule has 1 nitrogen and oxygen atoms in total. The third-order valence-electron chi connectivity index (χ3n) is 1.61. The smallest absolute Gasteiger partial charge is 0.153 e. The quantitative estimate of drug-likeness (QED) is 0.685. The fourth-order valence-electron chi connectivity index (χ4n) is 1.05.